The molecule has 8 aromatic carbocycles. The normalized spacial score (nSPS) is 11.6. The average Bonchev–Trinajstić information content (AvgIpc) is 3.83. The third-order valence-electron chi connectivity index (χ3n) is 11.0. The van der Waals surface area contributed by atoms with Crippen molar-refractivity contribution in [3.8, 4) is 56.1 Å². The summed E-state index contributed by atoms with van der Waals surface area (Å²) in [5.74, 6) is 0.848. The van der Waals surface area contributed by atoms with Gasteiger partial charge >= 0.3 is 0 Å². The van der Waals surface area contributed by atoms with E-state index in [0.717, 1.165) is 50.6 Å². The lowest BCUT2D eigenvalue weighted by Gasteiger charge is -2.13. The van der Waals surface area contributed by atoms with Crippen LogP contribution in [0.15, 0.2) is 206 Å². The van der Waals surface area contributed by atoms with E-state index < -0.39 is 0 Å². The van der Waals surface area contributed by atoms with Crippen molar-refractivity contribution in [1.29, 1.82) is 0 Å². The number of hydrogen-bond donors (Lipinski definition) is 0. The van der Waals surface area contributed by atoms with Crippen LogP contribution in [-0.4, -0.2) is 19.1 Å². The molecule has 0 atom stereocenters. The zero-order valence-corrected chi connectivity index (χ0v) is 30.4. The van der Waals surface area contributed by atoms with Gasteiger partial charge in [-0.25, -0.2) is 9.97 Å². The van der Waals surface area contributed by atoms with Gasteiger partial charge in [-0.3, -0.25) is 4.57 Å². The van der Waals surface area contributed by atoms with Gasteiger partial charge in [0.25, 0.3) is 0 Å². The van der Waals surface area contributed by atoms with Crippen molar-refractivity contribution in [2.75, 3.05) is 0 Å². The standard InChI is InChI=1S/C52H34N4/c1-3-14-35(15-4-1)41-30-31-42(45-21-8-7-20-44(41)45)36-26-28-37(29-27-36)51-54-50-43(32-33-53-52(50)56(51)39-17-5-2-6-18-39)38-16-13-19-40(34-38)55-48-24-11-9-22-46(48)47-23-10-12-25-49(47)55/h1-34H. The van der Waals surface area contributed by atoms with Gasteiger partial charge < -0.3 is 4.57 Å². The van der Waals surface area contributed by atoms with Gasteiger partial charge in [0.1, 0.15) is 11.3 Å². The molecule has 0 unspecified atom stereocenters. The summed E-state index contributed by atoms with van der Waals surface area (Å²) in [4.78, 5) is 10.4. The number of para-hydroxylation sites is 3. The van der Waals surface area contributed by atoms with E-state index in [0.29, 0.717) is 0 Å². The molecule has 0 fully saturated rings. The fraction of sp³-hybridized carbons (Fsp3) is 0. The fourth-order valence-electron chi connectivity index (χ4n) is 8.45. The molecule has 3 heterocycles. The summed E-state index contributed by atoms with van der Waals surface area (Å²) in [5.41, 5.74) is 14.1. The molecule has 0 radical (unpaired) electrons. The van der Waals surface area contributed by atoms with Gasteiger partial charge in [0.05, 0.1) is 11.0 Å². The van der Waals surface area contributed by atoms with E-state index in [2.05, 4.69) is 203 Å². The minimum Gasteiger partial charge on any atom is -0.309 e. The average molecular weight is 715 g/mol. The number of hydrogen-bond acceptors (Lipinski definition) is 2. The van der Waals surface area contributed by atoms with E-state index >= 15 is 0 Å². The molecule has 262 valence electrons. The first-order chi connectivity index (χ1) is 27.8. The highest BCUT2D eigenvalue weighted by atomic mass is 15.1. The molecular formula is C52H34N4. The van der Waals surface area contributed by atoms with Crippen molar-refractivity contribution in [2.45, 2.75) is 0 Å². The molecule has 3 aromatic heterocycles. The van der Waals surface area contributed by atoms with E-state index in [-0.39, 0.29) is 0 Å². The van der Waals surface area contributed by atoms with Gasteiger partial charge in [-0.2, -0.15) is 0 Å². The topological polar surface area (TPSA) is 35.6 Å². The first-order valence-electron chi connectivity index (χ1n) is 19.0. The Hall–Kier alpha value is -7.56. The quantitative estimate of drug-likeness (QED) is 0.172. The number of benzene rings is 8. The monoisotopic (exact) mass is 714 g/mol. The first-order valence-corrected chi connectivity index (χ1v) is 19.0. The Balaban J connectivity index is 1.05. The molecule has 4 nitrogen and oxygen atoms in total. The predicted molar refractivity (Wildman–Crippen MR) is 232 cm³/mol. The number of imidazole rings is 1. The van der Waals surface area contributed by atoms with Gasteiger partial charge in [0.2, 0.25) is 0 Å². The number of fused-ring (bicyclic) bond motifs is 5. The molecule has 0 spiro atoms. The minimum atomic E-state index is 0.817. The van der Waals surface area contributed by atoms with Crippen molar-refractivity contribution in [3.05, 3.63) is 206 Å². The molecule has 0 aliphatic rings. The molecule has 11 rings (SSSR count). The third kappa shape index (κ3) is 5.15. The Morgan fingerprint density at radius 1 is 0.339 bits per heavy atom. The number of pyridine rings is 1. The Labute approximate surface area is 324 Å². The van der Waals surface area contributed by atoms with E-state index in [1.165, 1.54) is 49.3 Å². The molecule has 0 saturated heterocycles. The smallest absolute Gasteiger partial charge is 0.165 e. The molecular weight excluding hydrogens is 681 g/mol. The van der Waals surface area contributed by atoms with Crippen LogP contribution in [-0.2, 0) is 0 Å². The molecule has 0 amide bonds. The molecule has 0 aliphatic heterocycles. The van der Waals surface area contributed by atoms with Crippen LogP contribution in [0, 0.1) is 0 Å². The van der Waals surface area contributed by atoms with E-state index in [9.17, 15) is 0 Å². The Bertz CT molecular complexity index is 3180. The SMILES string of the molecule is c1ccc(-c2ccc(-c3ccc(-c4nc5c(-c6cccc(-n7c8ccccc8c8ccccc87)c6)ccnc5n4-c4ccccc4)cc3)c3ccccc23)cc1. The summed E-state index contributed by atoms with van der Waals surface area (Å²) in [6.45, 7) is 0. The first kappa shape index (κ1) is 31.9. The summed E-state index contributed by atoms with van der Waals surface area (Å²) >= 11 is 0. The molecule has 0 bridgehead atoms. The summed E-state index contributed by atoms with van der Waals surface area (Å²) < 4.78 is 4.55. The molecule has 4 heteroatoms. The van der Waals surface area contributed by atoms with Gasteiger partial charge in [-0.05, 0) is 81.1 Å². The van der Waals surface area contributed by atoms with Crippen molar-refractivity contribution in [3.63, 3.8) is 0 Å². The van der Waals surface area contributed by atoms with E-state index in [4.69, 9.17) is 9.97 Å². The van der Waals surface area contributed by atoms with Gasteiger partial charge in [0.15, 0.2) is 5.65 Å². The van der Waals surface area contributed by atoms with Crippen molar-refractivity contribution < 1.29 is 0 Å². The van der Waals surface area contributed by atoms with Crippen LogP contribution in [0.4, 0.5) is 0 Å². The Morgan fingerprint density at radius 3 is 1.52 bits per heavy atom. The highest BCUT2D eigenvalue weighted by Crippen LogP contribution is 2.39. The molecule has 11 aromatic rings. The fourth-order valence-corrected chi connectivity index (χ4v) is 8.45. The van der Waals surface area contributed by atoms with Gasteiger partial charge in [-0.1, -0.05) is 158 Å². The second-order valence-corrected chi connectivity index (χ2v) is 14.2. The second-order valence-electron chi connectivity index (χ2n) is 14.2. The Kier molecular flexibility index (Phi) is 7.46. The number of nitrogens with zero attached hydrogens (tertiary/aromatic N) is 4. The number of rotatable bonds is 6. The van der Waals surface area contributed by atoms with Gasteiger partial charge in [-0.15, -0.1) is 0 Å². The van der Waals surface area contributed by atoms with E-state index in [1.54, 1.807) is 0 Å². The number of aromatic nitrogens is 4. The van der Waals surface area contributed by atoms with Gasteiger partial charge in [0, 0.05) is 39.5 Å². The molecule has 0 saturated carbocycles. The zero-order chi connectivity index (χ0) is 37.0. The largest absolute Gasteiger partial charge is 0.309 e. The summed E-state index contributed by atoms with van der Waals surface area (Å²) in [5, 5.41) is 4.96. The zero-order valence-electron chi connectivity index (χ0n) is 30.4. The molecule has 0 aliphatic carbocycles. The van der Waals surface area contributed by atoms with Crippen LogP contribution in [0.5, 0.6) is 0 Å². The van der Waals surface area contributed by atoms with Crippen LogP contribution in [0.25, 0.3) is 99.9 Å². The maximum absolute atomic E-state index is 5.42. The lowest BCUT2D eigenvalue weighted by Crippen LogP contribution is -1.98. The second kappa shape index (κ2) is 13.1. The summed E-state index contributed by atoms with van der Waals surface area (Å²) in [7, 11) is 0. The van der Waals surface area contributed by atoms with Crippen LogP contribution in [0.2, 0.25) is 0 Å². The third-order valence-corrected chi connectivity index (χ3v) is 11.0. The van der Waals surface area contributed by atoms with Crippen molar-refractivity contribution in [2.24, 2.45) is 0 Å². The minimum absolute atomic E-state index is 0.817. The van der Waals surface area contributed by atoms with Crippen LogP contribution < -0.4 is 0 Å². The summed E-state index contributed by atoms with van der Waals surface area (Å²) in [6.07, 6.45) is 1.91. The van der Waals surface area contributed by atoms with Crippen LogP contribution >= 0.6 is 0 Å². The maximum atomic E-state index is 5.42. The lowest BCUT2D eigenvalue weighted by molar-refractivity contribution is 1.08. The van der Waals surface area contributed by atoms with Crippen molar-refractivity contribution >= 4 is 43.7 Å². The maximum Gasteiger partial charge on any atom is 0.165 e. The Morgan fingerprint density at radius 2 is 0.857 bits per heavy atom. The molecule has 0 N–H and O–H groups in total. The highest BCUT2D eigenvalue weighted by molar-refractivity contribution is 6.09. The molecule has 56 heavy (non-hydrogen) atoms. The lowest BCUT2D eigenvalue weighted by atomic mass is 9.92. The van der Waals surface area contributed by atoms with E-state index in [1.807, 2.05) is 12.3 Å². The highest BCUT2D eigenvalue weighted by Gasteiger charge is 2.20. The summed E-state index contributed by atoms with van der Waals surface area (Å²) in [6, 6.07) is 71.2. The van der Waals surface area contributed by atoms with Crippen molar-refractivity contribution in [1.82, 2.24) is 19.1 Å². The predicted octanol–water partition coefficient (Wildman–Crippen LogP) is 13.3. The van der Waals surface area contributed by atoms with Crippen LogP contribution in [0.1, 0.15) is 0 Å². The van der Waals surface area contributed by atoms with Crippen LogP contribution in [0.3, 0.4) is 0 Å².